The highest BCUT2D eigenvalue weighted by atomic mass is 28.4. The Bertz CT molecular complexity index is 284. The summed E-state index contributed by atoms with van der Waals surface area (Å²) >= 11 is 0. The van der Waals surface area contributed by atoms with Gasteiger partial charge in [0.2, 0.25) is 0 Å². The van der Waals surface area contributed by atoms with Crippen LogP contribution in [0.4, 0.5) is 0 Å². The van der Waals surface area contributed by atoms with E-state index in [0.717, 1.165) is 0 Å². The molecule has 1 nitrogen and oxygen atoms in total. The van der Waals surface area contributed by atoms with Gasteiger partial charge < -0.3 is 4.43 Å². The van der Waals surface area contributed by atoms with Gasteiger partial charge in [0.25, 0.3) is 8.32 Å². The average Bonchev–Trinajstić information content (AvgIpc) is 2.06. The maximum absolute atomic E-state index is 5.28. The average molecular weight is 176 g/mol. The van der Waals surface area contributed by atoms with E-state index in [-0.39, 0.29) is 0 Å². The lowest BCUT2D eigenvalue weighted by Crippen LogP contribution is -2.43. The van der Waals surface area contributed by atoms with Crippen LogP contribution >= 0.6 is 0 Å². The van der Waals surface area contributed by atoms with Crippen LogP contribution in [0, 0.1) is 12.5 Å². The summed E-state index contributed by atoms with van der Waals surface area (Å²) in [5.41, 5.74) is 0. The molecule has 0 fully saturated rings. The van der Waals surface area contributed by atoms with Crippen molar-refractivity contribution >= 4 is 13.5 Å². The van der Waals surface area contributed by atoms with Crippen molar-refractivity contribution in [3.05, 3.63) is 30.3 Å². The second-order valence-corrected chi connectivity index (χ2v) is 6.90. The van der Waals surface area contributed by atoms with Crippen LogP contribution in [-0.4, -0.2) is 8.32 Å². The number of benzene rings is 1. The van der Waals surface area contributed by atoms with E-state index >= 15 is 0 Å². The molecule has 0 amide bonds. The van der Waals surface area contributed by atoms with Crippen molar-refractivity contribution in [2.24, 2.45) is 0 Å². The van der Waals surface area contributed by atoms with Gasteiger partial charge in [-0.1, -0.05) is 36.8 Å². The first-order valence-electron chi connectivity index (χ1n) is 3.86. The van der Waals surface area contributed by atoms with Gasteiger partial charge in [0.1, 0.15) is 0 Å². The van der Waals surface area contributed by atoms with E-state index in [1.54, 1.807) is 0 Å². The van der Waals surface area contributed by atoms with Crippen molar-refractivity contribution in [1.29, 1.82) is 0 Å². The molecule has 62 valence electrons. The van der Waals surface area contributed by atoms with Crippen molar-refractivity contribution in [3.8, 4) is 12.5 Å². The summed E-state index contributed by atoms with van der Waals surface area (Å²) < 4.78 is 5.28. The maximum Gasteiger partial charge on any atom is 0.289 e. The lowest BCUT2D eigenvalue weighted by atomic mass is 10.4. The van der Waals surface area contributed by atoms with Crippen LogP contribution in [-0.2, 0) is 4.43 Å². The molecule has 0 aromatic heterocycles. The third-order valence-electron chi connectivity index (χ3n) is 1.78. The van der Waals surface area contributed by atoms with Gasteiger partial charge in [-0.25, -0.2) is 0 Å². The second-order valence-electron chi connectivity index (χ2n) is 3.10. The van der Waals surface area contributed by atoms with Crippen LogP contribution in [0.15, 0.2) is 30.3 Å². The van der Waals surface area contributed by atoms with Gasteiger partial charge in [0.15, 0.2) is 0 Å². The first-order valence-corrected chi connectivity index (χ1v) is 6.77. The van der Waals surface area contributed by atoms with Crippen molar-refractivity contribution in [2.75, 3.05) is 0 Å². The molecule has 0 heterocycles. The van der Waals surface area contributed by atoms with E-state index in [1.807, 2.05) is 18.2 Å². The highest BCUT2D eigenvalue weighted by molar-refractivity contribution is 6.84. The van der Waals surface area contributed by atoms with E-state index in [2.05, 4.69) is 31.3 Å². The number of rotatable bonds is 2. The first kappa shape index (κ1) is 8.89. The molecular formula is C10H12OSi. The molecule has 0 aliphatic carbocycles. The molecule has 0 atom stereocenters. The van der Waals surface area contributed by atoms with Gasteiger partial charge in [-0.15, -0.1) is 0 Å². The summed E-state index contributed by atoms with van der Waals surface area (Å²) in [5.74, 6) is 0. The molecule has 1 aromatic carbocycles. The van der Waals surface area contributed by atoms with Gasteiger partial charge in [0.05, 0.1) is 6.11 Å². The fourth-order valence-corrected chi connectivity index (χ4v) is 2.45. The lowest BCUT2D eigenvalue weighted by molar-refractivity contribution is 0.527. The van der Waals surface area contributed by atoms with E-state index < -0.39 is 8.32 Å². The zero-order chi connectivity index (χ0) is 9.03. The first-order chi connectivity index (χ1) is 5.67. The van der Waals surface area contributed by atoms with Crippen LogP contribution in [0.5, 0.6) is 0 Å². The molecule has 0 bridgehead atoms. The molecule has 1 rings (SSSR count). The fourth-order valence-electron chi connectivity index (χ4n) is 1.05. The van der Waals surface area contributed by atoms with Crippen LogP contribution in [0.25, 0.3) is 0 Å². The largest absolute Gasteiger partial charge is 0.495 e. The third-order valence-corrected chi connectivity index (χ3v) is 4.13. The Balaban J connectivity index is 2.91. The molecule has 0 saturated carbocycles. The minimum absolute atomic E-state index is 1.22. The Morgan fingerprint density at radius 1 is 1.25 bits per heavy atom. The van der Waals surface area contributed by atoms with E-state index in [9.17, 15) is 0 Å². The summed E-state index contributed by atoms with van der Waals surface area (Å²) in [4.78, 5) is 0. The highest BCUT2D eigenvalue weighted by Gasteiger charge is 2.25. The maximum atomic E-state index is 5.28. The summed E-state index contributed by atoms with van der Waals surface area (Å²) in [6.45, 7) is 4.17. The Morgan fingerprint density at radius 2 is 1.83 bits per heavy atom. The number of terminal acetylenes is 1. The molecule has 0 aliphatic rings. The molecule has 12 heavy (non-hydrogen) atoms. The molecule has 0 N–H and O–H groups in total. The van der Waals surface area contributed by atoms with E-state index in [0.29, 0.717) is 0 Å². The quantitative estimate of drug-likeness (QED) is 0.492. The summed E-state index contributed by atoms with van der Waals surface area (Å²) in [6, 6.07) is 10.1. The van der Waals surface area contributed by atoms with Crippen LogP contribution in [0.2, 0.25) is 13.1 Å². The van der Waals surface area contributed by atoms with Crippen LogP contribution in [0.3, 0.4) is 0 Å². The molecular weight excluding hydrogens is 164 g/mol. The van der Waals surface area contributed by atoms with Crippen molar-refractivity contribution < 1.29 is 4.43 Å². The Hall–Kier alpha value is -1.20. The Kier molecular flexibility index (Phi) is 2.57. The predicted molar refractivity (Wildman–Crippen MR) is 53.5 cm³/mol. The van der Waals surface area contributed by atoms with Gasteiger partial charge in [-0.3, -0.25) is 0 Å². The smallest absolute Gasteiger partial charge is 0.289 e. The Labute approximate surface area is 74.5 Å². The zero-order valence-corrected chi connectivity index (χ0v) is 8.37. The normalized spacial score (nSPS) is 10.4. The van der Waals surface area contributed by atoms with Crippen LogP contribution in [0.1, 0.15) is 0 Å². The topological polar surface area (TPSA) is 9.23 Å². The third kappa shape index (κ3) is 1.90. The molecule has 0 aliphatic heterocycles. The summed E-state index contributed by atoms with van der Waals surface area (Å²) in [7, 11) is -1.82. The molecule has 0 saturated heterocycles. The number of hydrogen-bond acceptors (Lipinski definition) is 1. The summed E-state index contributed by atoms with van der Waals surface area (Å²) in [6.07, 6.45) is 7.38. The van der Waals surface area contributed by atoms with Crippen molar-refractivity contribution in [2.45, 2.75) is 13.1 Å². The van der Waals surface area contributed by atoms with Gasteiger partial charge in [-0.05, 0) is 18.3 Å². The number of hydrogen-bond donors (Lipinski definition) is 0. The lowest BCUT2D eigenvalue weighted by Gasteiger charge is -2.19. The SMILES string of the molecule is C#CO[Si](C)(C)c1ccccc1. The Morgan fingerprint density at radius 3 is 2.33 bits per heavy atom. The molecule has 0 radical (unpaired) electrons. The monoisotopic (exact) mass is 176 g/mol. The molecule has 0 unspecified atom stereocenters. The summed E-state index contributed by atoms with van der Waals surface area (Å²) in [5, 5.41) is 1.22. The van der Waals surface area contributed by atoms with E-state index in [1.165, 1.54) is 5.19 Å². The fraction of sp³-hybridized carbons (Fsp3) is 0.200. The molecule has 2 heteroatoms. The standard InChI is InChI=1S/C10H12OSi/c1-4-11-12(2,3)10-8-6-5-7-9-10/h1,5-9H,2-3H3. The van der Waals surface area contributed by atoms with Gasteiger partial charge in [0, 0.05) is 0 Å². The molecule has 1 aromatic rings. The minimum Gasteiger partial charge on any atom is -0.495 e. The van der Waals surface area contributed by atoms with Gasteiger partial charge in [-0.2, -0.15) is 0 Å². The highest BCUT2D eigenvalue weighted by Crippen LogP contribution is 2.03. The van der Waals surface area contributed by atoms with Crippen molar-refractivity contribution in [3.63, 3.8) is 0 Å². The van der Waals surface area contributed by atoms with Crippen LogP contribution < -0.4 is 5.19 Å². The predicted octanol–water partition coefficient (Wildman–Crippen LogP) is 1.71. The molecule has 0 spiro atoms. The second kappa shape index (κ2) is 3.46. The van der Waals surface area contributed by atoms with E-state index in [4.69, 9.17) is 10.8 Å². The minimum atomic E-state index is -1.82. The van der Waals surface area contributed by atoms with Gasteiger partial charge >= 0.3 is 0 Å². The zero-order valence-electron chi connectivity index (χ0n) is 7.37. The van der Waals surface area contributed by atoms with Crippen molar-refractivity contribution in [1.82, 2.24) is 0 Å².